The maximum Gasteiger partial charge on any atom is 0.336 e. The van der Waals surface area contributed by atoms with Crippen LogP contribution >= 0.6 is 11.6 Å². The predicted octanol–water partition coefficient (Wildman–Crippen LogP) is 5.15. The molecule has 0 atom stereocenters. The van der Waals surface area contributed by atoms with E-state index >= 15 is 0 Å². The van der Waals surface area contributed by atoms with Crippen LogP contribution in [-0.4, -0.2) is 17.0 Å². The zero-order chi connectivity index (χ0) is 21.0. The molecule has 144 valence electrons. The number of amides is 1. The van der Waals surface area contributed by atoms with Crippen molar-refractivity contribution >= 4 is 35.2 Å². The van der Waals surface area contributed by atoms with Gasteiger partial charge in [-0.2, -0.15) is 5.26 Å². The Morgan fingerprint density at radius 2 is 1.93 bits per heavy atom. The quantitative estimate of drug-likeness (QED) is 0.450. The van der Waals surface area contributed by atoms with E-state index in [1.165, 1.54) is 12.1 Å². The molecule has 2 N–H and O–H groups in total. The molecule has 0 unspecified atom stereocenters. The lowest BCUT2D eigenvalue weighted by Crippen LogP contribution is -2.14. The van der Waals surface area contributed by atoms with Crippen LogP contribution < -0.4 is 5.32 Å². The fourth-order valence-corrected chi connectivity index (χ4v) is 2.93. The van der Waals surface area contributed by atoms with Crippen LogP contribution in [0.4, 0.5) is 5.69 Å². The van der Waals surface area contributed by atoms with Crippen LogP contribution in [0.5, 0.6) is 0 Å². The van der Waals surface area contributed by atoms with Crippen molar-refractivity contribution in [1.29, 1.82) is 5.26 Å². The molecule has 29 heavy (non-hydrogen) atoms. The van der Waals surface area contributed by atoms with Crippen LogP contribution in [0.15, 0.2) is 64.6 Å². The minimum atomic E-state index is -1.08. The molecule has 3 rings (SSSR count). The van der Waals surface area contributed by atoms with Gasteiger partial charge in [0.2, 0.25) is 0 Å². The van der Waals surface area contributed by atoms with Crippen LogP contribution in [0.2, 0.25) is 5.02 Å². The van der Waals surface area contributed by atoms with E-state index in [0.717, 1.165) is 5.56 Å². The number of carboxylic acid groups (broad SMARTS) is 1. The Hall–Kier alpha value is -3.82. The van der Waals surface area contributed by atoms with Crippen LogP contribution in [0.1, 0.15) is 21.7 Å². The highest BCUT2D eigenvalue weighted by Gasteiger charge is 2.15. The van der Waals surface area contributed by atoms with Gasteiger partial charge in [0.25, 0.3) is 5.91 Å². The minimum Gasteiger partial charge on any atom is -0.478 e. The number of furan rings is 1. The second kappa shape index (κ2) is 8.46. The molecule has 0 radical (unpaired) electrons. The number of hydrogen-bond acceptors (Lipinski definition) is 4. The number of rotatable bonds is 5. The second-order valence-electron chi connectivity index (χ2n) is 6.14. The monoisotopic (exact) mass is 406 g/mol. The first-order valence-electron chi connectivity index (χ1n) is 8.51. The first-order chi connectivity index (χ1) is 13.9. The molecule has 0 aliphatic heterocycles. The van der Waals surface area contributed by atoms with Crippen molar-refractivity contribution in [3.05, 3.63) is 82.1 Å². The fraction of sp³-hybridized carbons (Fsp3) is 0.0455. The van der Waals surface area contributed by atoms with Gasteiger partial charge in [-0.1, -0.05) is 29.8 Å². The number of hydrogen-bond donors (Lipinski definition) is 2. The topological polar surface area (TPSA) is 103 Å². The van der Waals surface area contributed by atoms with E-state index in [2.05, 4.69) is 5.32 Å². The lowest BCUT2D eigenvalue weighted by atomic mass is 10.1. The maximum atomic E-state index is 12.5. The van der Waals surface area contributed by atoms with E-state index in [4.69, 9.17) is 16.0 Å². The summed E-state index contributed by atoms with van der Waals surface area (Å²) in [4.78, 5) is 23.8. The second-order valence-corrected chi connectivity index (χ2v) is 6.57. The lowest BCUT2D eigenvalue weighted by molar-refractivity contribution is -0.112. The summed E-state index contributed by atoms with van der Waals surface area (Å²) >= 11 is 5.91. The Labute approximate surface area is 171 Å². The molecule has 0 bridgehead atoms. The SMILES string of the molecule is Cc1cc(Cl)ccc1NC(=O)/C(C#N)=C/c1ccc(-c2ccccc2C(=O)O)o1. The molecule has 3 aromatic rings. The summed E-state index contributed by atoms with van der Waals surface area (Å²) in [6.07, 6.45) is 1.30. The Morgan fingerprint density at radius 1 is 1.17 bits per heavy atom. The Morgan fingerprint density at radius 3 is 2.62 bits per heavy atom. The van der Waals surface area contributed by atoms with E-state index in [0.29, 0.717) is 22.0 Å². The molecule has 1 amide bonds. The van der Waals surface area contributed by atoms with E-state index in [9.17, 15) is 20.0 Å². The Kier molecular flexibility index (Phi) is 5.82. The van der Waals surface area contributed by atoms with Gasteiger partial charge in [-0.3, -0.25) is 4.79 Å². The summed E-state index contributed by atoms with van der Waals surface area (Å²) in [6.45, 7) is 1.79. The molecule has 0 spiro atoms. The number of aromatic carboxylic acids is 1. The molecule has 0 aliphatic carbocycles. The first kappa shape index (κ1) is 19.9. The van der Waals surface area contributed by atoms with Gasteiger partial charge in [-0.05, 0) is 48.9 Å². The van der Waals surface area contributed by atoms with E-state index < -0.39 is 11.9 Å². The van der Waals surface area contributed by atoms with E-state index in [-0.39, 0.29) is 16.9 Å². The third kappa shape index (κ3) is 4.54. The van der Waals surface area contributed by atoms with Crippen LogP contribution in [0.25, 0.3) is 17.4 Å². The summed E-state index contributed by atoms with van der Waals surface area (Å²) in [5.74, 6) is -1.11. The molecular formula is C22H15ClN2O4. The molecular weight excluding hydrogens is 392 g/mol. The number of nitriles is 1. The van der Waals surface area contributed by atoms with Crippen molar-refractivity contribution in [1.82, 2.24) is 0 Å². The summed E-state index contributed by atoms with van der Waals surface area (Å²) < 4.78 is 5.64. The number of carbonyl (C=O) groups excluding carboxylic acids is 1. The molecule has 1 aromatic heterocycles. The first-order valence-corrected chi connectivity index (χ1v) is 8.88. The average Bonchev–Trinajstić information content (AvgIpc) is 3.16. The van der Waals surface area contributed by atoms with E-state index in [1.807, 2.05) is 6.07 Å². The largest absolute Gasteiger partial charge is 0.478 e. The van der Waals surface area contributed by atoms with Crippen LogP contribution in [0, 0.1) is 18.3 Å². The third-order valence-corrected chi connectivity index (χ3v) is 4.37. The van der Waals surface area contributed by atoms with Gasteiger partial charge in [0.05, 0.1) is 5.56 Å². The van der Waals surface area contributed by atoms with Crippen molar-refractivity contribution < 1.29 is 19.1 Å². The van der Waals surface area contributed by atoms with Crippen molar-refractivity contribution in [2.24, 2.45) is 0 Å². The van der Waals surface area contributed by atoms with Gasteiger partial charge in [0.1, 0.15) is 23.2 Å². The molecule has 0 aliphatic rings. The van der Waals surface area contributed by atoms with Gasteiger partial charge in [0.15, 0.2) is 0 Å². The zero-order valence-electron chi connectivity index (χ0n) is 15.3. The highest BCUT2D eigenvalue weighted by atomic mass is 35.5. The van der Waals surface area contributed by atoms with Gasteiger partial charge in [-0.15, -0.1) is 0 Å². The summed E-state index contributed by atoms with van der Waals surface area (Å²) in [5, 5.41) is 21.9. The number of nitrogens with zero attached hydrogens (tertiary/aromatic N) is 1. The fourth-order valence-electron chi connectivity index (χ4n) is 2.71. The third-order valence-electron chi connectivity index (χ3n) is 4.14. The molecule has 2 aromatic carbocycles. The number of nitrogens with one attached hydrogen (secondary N) is 1. The van der Waals surface area contributed by atoms with Gasteiger partial charge >= 0.3 is 5.97 Å². The number of halogens is 1. The van der Waals surface area contributed by atoms with Crippen molar-refractivity contribution in [2.75, 3.05) is 5.32 Å². The molecule has 6 nitrogen and oxygen atoms in total. The summed E-state index contributed by atoms with van der Waals surface area (Å²) in [6, 6.07) is 16.4. The van der Waals surface area contributed by atoms with Crippen molar-refractivity contribution in [3.8, 4) is 17.4 Å². The lowest BCUT2D eigenvalue weighted by Gasteiger charge is -2.07. The number of carbonyl (C=O) groups is 2. The standard InChI is InChI=1S/C22H15ClN2O4/c1-13-10-15(23)6-8-19(13)25-21(26)14(12-24)11-16-7-9-20(29-16)17-4-2-3-5-18(17)22(27)28/h2-11H,1H3,(H,25,26)(H,27,28)/b14-11+. The van der Waals surface area contributed by atoms with Crippen LogP contribution in [0.3, 0.4) is 0 Å². The predicted molar refractivity (Wildman–Crippen MR) is 110 cm³/mol. The smallest absolute Gasteiger partial charge is 0.336 e. The normalized spacial score (nSPS) is 11.0. The number of benzene rings is 2. The van der Waals surface area contributed by atoms with Crippen molar-refractivity contribution in [3.63, 3.8) is 0 Å². The number of aryl methyl sites for hydroxylation is 1. The molecule has 7 heteroatoms. The summed E-state index contributed by atoms with van der Waals surface area (Å²) in [7, 11) is 0. The Bertz CT molecular complexity index is 1170. The summed E-state index contributed by atoms with van der Waals surface area (Å²) in [5.41, 5.74) is 1.63. The molecule has 0 fully saturated rings. The molecule has 0 saturated heterocycles. The Balaban J connectivity index is 1.86. The molecule has 0 saturated carbocycles. The number of anilines is 1. The van der Waals surface area contributed by atoms with E-state index in [1.54, 1.807) is 55.5 Å². The number of carboxylic acids is 1. The van der Waals surface area contributed by atoms with Gasteiger partial charge < -0.3 is 14.8 Å². The van der Waals surface area contributed by atoms with Crippen molar-refractivity contribution in [2.45, 2.75) is 6.92 Å². The highest BCUT2D eigenvalue weighted by Crippen LogP contribution is 2.27. The maximum absolute atomic E-state index is 12.5. The molecule has 1 heterocycles. The van der Waals surface area contributed by atoms with Crippen LogP contribution in [-0.2, 0) is 4.79 Å². The highest BCUT2D eigenvalue weighted by molar-refractivity contribution is 6.30. The average molecular weight is 407 g/mol. The minimum absolute atomic E-state index is 0.0915. The van der Waals surface area contributed by atoms with Gasteiger partial charge in [0, 0.05) is 22.3 Å². The van der Waals surface area contributed by atoms with Gasteiger partial charge in [-0.25, -0.2) is 4.79 Å². The zero-order valence-corrected chi connectivity index (χ0v) is 16.0.